The van der Waals surface area contributed by atoms with Gasteiger partial charge in [-0.25, -0.2) is 4.79 Å². The average molecular weight is 262 g/mol. The Kier molecular flexibility index (Phi) is 5.73. The van der Waals surface area contributed by atoms with Crippen molar-refractivity contribution in [2.75, 3.05) is 0 Å². The Morgan fingerprint density at radius 2 is 2.05 bits per heavy atom. The molecule has 1 heterocycles. The number of hydrogen-bond acceptors (Lipinski definition) is 3. The summed E-state index contributed by atoms with van der Waals surface area (Å²) in [6.45, 7) is 4.03. The zero-order valence-electron chi connectivity index (χ0n) is 11.1. The van der Waals surface area contributed by atoms with Gasteiger partial charge in [0.05, 0.1) is 0 Å². The SMILES string of the molecule is CCC(CC)NC(=O)c1ccc(C=CC(=O)O)cn1. The van der Waals surface area contributed by atoms with Crippen molar-refractivity contribution in [3.05, 3.63) is 35.7 Å². The molecule has 0 spiro atoms. The molecule has 1 amide bonds. The summed E-state index contributed by atoms with van der Waals surface area (Å²) in [5.74, 6) is -1.22. The van der Waals surface area contributed by atoms with Gasteiger partial charge in [0.2, 0.25) is 0 Å². The molecular weight excluding hydrogens is 244 g/mol. The monoisotopic (exact) mass is 262 g/mol. The molecular formula is C14H18N2O3. The summed E-state index contributed by atoms with van der Waals surface area (Å²) >= 11 is 0. The fraction of sp³-hybridized carbons (Fsp3) is 0.357. The summed E-state index contributed by atoms with van der Waals surface area (Å²) in [4.78, 5) is 26.3. The lowest BCUT2D eigenvalue weighted by atomic mass is 10.1. The third-order valence-corrected chi connectivity index (χ3v) is 2.76. The van der Waals surface area contributed by atoms with Gasteiger partial charge in [0.15, 0.2) is 0 Å². The van der Waals surface area contributed by atoms with Crippen molar-refractivity contribution in [3.8, 4) is 0 Å². The zero-order chi connectivity index (χ0) is 14.3. The topological polar surface area (TPSA) is 79.3 Å². The molecule has 1 aromatic rings. The first kappa shape index (κ1) is 14.9. The lowest BCUT2D eigenvalue weighted by Crippen LogP contribution is -2.34. The predicted octanol–water partition coefficient (Wildman–Crippen LogP) is 2.10. The maximum absolute atomic E-state index is 11.9. The first-order chi connectivity index (χ1) is 9.06. The van der Waals surface area contributed by atoms with Gasteiger partial charge >= 0.3 is 5.97 Å². The van der Waals surface area contributed by atoms with E-state index in [1.165, 1.54) is 12.3 Å². The van der Waals surface area contributed by atoms with Crippen LogP contribution in [0.25, 0.3) is 6.08 Å². The van der Waals surface area contributed by atoms with E-state index in [-0.39, 0.29) is 11.9 Å². The van der Waals surface area contributed by atoms with Crippen molar-refractivity contribution >= 4 is 18.0 Å². The number of carbonyl (C=O) groups is 2. The molecule has 0 saturated heterocycles. The highest BCUT2D eigenvalue weighted by Crippen LogP contribution is 2.04. The van der Waals surface area contributed by atoms with Crippen molar-refractivity contribution in [2.24, 2.45) is 0 Å². The molecule has 0 unspecified atom stereocenters. The van der Waals surface area contributed by atoms with Gasteiger partial charge < -0.3 is 10.4 Å². The third kappa shape index (κ3) is 4.91. The Balaban J connectivity index is 2.70. The van der Waals surface area contributed by atoms with Crippen LogP contribution in [0.15, 0.2) is 24.4 Å². The van der Waals surface area contributed by atoms with Gasteiger partial charge in [0.1, 0.15) is 5.69 Å². The Hall–Kier alpha value is -2.17. The van der Waals surface area contributed by atoms with Crippen LogP contribution in [0.5, 0.6) is 0 Å². The van der Waals surface area contributed by atoms with Crippen LogP contribution in [0.3, 0.4) is 0 Å². The van der Waals surface area contributed by atoms with E-state index in [4.69, 9.17) is 5.11 Å². The van der Waals surface area contributed by atoms with Crippen LogP contribution < -0.4 is 5.32 Å². The molecule has 1 aromatic heterocycles. The molecule has 0 aliphatic heterocycles. The average Bonchev–Trinajstić information content (AvgIpc) is 2.42. The lowest BCUT2D eigenvalue weighted by Gasteiger charge is -2.14. The molecule has 0 radical (unpaired) electrons. The highest BCUT2D eigenvalue weighted by atomic mass is 16.4. The van der Waals surface area contributed by atoms with Crippen LogP contribution in [0, 0.1) is 0 Å². The highest BCUT2D eigenvalue weighted by Gasteiger charge is 2.11. The lowest BCUT2D eigenvalue weighted by molar-refractivity contribution is -0.131. The molecule has 0 aromatic carbocycles. The number of nitrogens with zero attached hydrogens (tertiary/aromatic N) is 1. The number of carboxylic acid groups (broad SMARTS) is 1. The predicted molar refractivity (Wildman–Crippen MR) is 72.7 cm³/mol. The van der Waals surface area contributed by atoms with Crippen LogP contribution in [0.2, 0.25) is 0 Å². The fourth-order valence-electron chi connectivity index (χ4n) is 1.56. The van der Waals surface area contributed by atoms with Gasteiger partial charge in [0, 0.05) is 18.3 Å². The number of amides is 1. The van der Waals surface area contributed by atoms with Gasteiger partial charge in [-0.2, -0.15) is 0 Å². The minimum Gasteiger partial charge on any atom is -0.478 e. The van der Waals surface area contributed by atoms with E-state index < -0.39 is 5.97 Å². The Morgan fingerprint density at radius 3 is 2.53 bits per heavy atom. The molecule has 0 aliphatic carbocycles. The van der Waals surface area contributed by atoms with E-state index in [2.05, 4.69) is 10.3 Å². The molecule has 2 N–H and O–H groups in total. The first-order valence-corrected chi connectivity index (χ1v) is 6.24. The van der Waals surface area contributed by atoms with Gasteiger partial charge in [-0.1, -0.05) is 19.9 Å². The minimum absolute atomic E-state index is 0.154. The second-order valence-electron chi connectivity index (χ2n) is 4.14. The van der Waals surface area contributed by atoms with Crippen molar-refractivity contribution in [1.29, 1.82) is 0 Å². The van der Waals surface area contributed by atoms with E-state index in [0.717, 1.165) is 18.9 Å². The Bertz CT molecular complexity index is 462. The molecule has 5 nitrogen and oxygen atoms in total. The van der Waals surface area contributed by atoms with Gasteiger partial charge in [-0.3, -0.25) is 9.78 Å². The van der Waals surface area contributed by atoms with Crippen LogP contribution in [0.4, 0.5) is 0 Å². The molecule has 0 aliphatic rings. The van der Waals surface area contributed by atoms with E-state index in [9.17, 15) is 9.59 Å². The highest BCUT2D eigenvalue weighted by molar-refractivity contribution is 5.92. The van der Waals surface area contributed by atoms with Gasteiger partial charge in [-0.05, 0) is 30.5 Å². The molecule has 5 heteroatoms. The standard InChI is InChI=1S/C14H18N2O3/c1-3-11(4-2)16-14(19)12-7-5-10(9-15-12)6-8-13(17)18/h5-9,11H,3-4H2,1-2H3,(H,16,19)(H,17,18). The molecule has 102 valence electrons. The van der Waals surface area contributed by atoms with E-state index >= 15 is 0 Å². The molecule has 0 fully saturated rings. The molecule has 1 rings (SSSR count). The number of carboxylic acids is 1. The Morgan fingerprint density at radius 1 is 1.37 bits per heavy atom. The zero-order valence-corrected chi connectivity index (χ0v) is 11.1. The van der Waals surface area contributed by atoms with Crippen molar-refractivity contribution in [1.82, 2.24) is 10.3 Å². The molecule has 0 saturated carbocycles. The number of pyridine rings is 1. The number of carbonyl (C=O) groups excluding carboxylic acids is 1. The maximum Gasteiger partial charge on any atom is 0.328 e. The van der Waals surface area contributed by atoms with Crippen LogP contribution in [-0.4, -0.2) is 28.0 Å². The molecule has 0 atom stereocenters. The van der Waals surface area contributed by atoms with Gasteiger partial charge in [-0.15, -0.1) is 0 Å². The van der Waals surface area contributed by atoms with Crippen LogP contribution >= 0.6 is 0 Å². The van der Waals surface area contributed by atoms with Crippen LogP contribution in [0.1, 0.15) is 42.7 Å². The Labute approximate surface area is 112 Å². The smallest absolute Gasteiger partial charge is 0.328 e. The third-order valence-electron chi connectivity index (χ3n) is 2.76. The number of rotatable bonds is 6. The van der Waals surface area contributed by atoms with E-state index in [1.54, 1.807) is 12.1 Å². The fourth-order valence-corrected chi connectivity index (χ4v) is 1.56. The largest absolute Gasteiger partial charge is 0.478 e. The summed E-state index contributed by atoms with van der Waals surface area (Å²) in [6.07, 6.45) is 5.68. The first-order valence-electron chi connectivity index (χ1n) is 6.24. The van der Waals surface area contributed by atoms with Crippen molar-refractivity contribution < 1.29 is 14.7 Å². The summed E-state index contributed by atoms with van der Waals surface area (Å²) in [5, 5.41) is 11.4. The number of nitrogens with one attached hydrogen (secondary N) is 1. The van der Waals surface area contributed by atoms with Crippen molar-refractivity contribution in [2.45, 2.75) is 32.7 Å². The van der Waals surface area contributed by atoms with Crippen molar-refractivity contribution in [3.63, 3.8) is 0 Å². The minimum atomic E-state index is -1.02. The normalized spacial score (nSPS) is 10.9. The summed E-state index contributed by atoms with van der Waals surface area (Å²) < 4.78 is 0. The van der Waals surface area contributed by atoms with E-state index in [0.29, 0.717) is 11.3 Å². The van der Waals surface area contributed by atoms with Gasteiger partial charge in [0.25, 0.3) is 5.91 Å². The van der Waals surface area contributed by atoms with Crippen LogP contribution in [-0.2, 0) is 4.79 Å². The maximum atomic E-state index is 11.9. The summed E-state index contributed by atoms with van der Waals surface area (Å²) in [5.41, 5.74) is 0.973. The second-order valence-corrected chi connectivity index (χ2v) is 4.14. The number of aliphatic carboxylic acids is 1. The second kappa shape index (κ2) is 7.31. The summed E-state index contributed by atoms with van der Waals surface area (Å²) in [7, 11) is 0. The summed E-state index contributed by atoms with van der Waals surface area (Å²) in [6, 6.07) is 3.40. The number of hydrogen-bond donors (Lipinski definition) is 2. The number of aromatic nitrogens is 1. The quantitative estimate of drug-likeness (QED) is 0.769. The van der Waals surface area contributed by atoms with E-state index in [1.807, 2.05) is 13.8 Å². The molecule has 19 heavy (non-hydrogen) atoms. The molecule has 0 bridgehead atoms.